The summed E-state index contributed by atoms with van der Waals surface area (Å²) in [6.45, 7) is 1.54. The number of carbonyl (C=O) groups excluding carboxylic acids is 2. The van der Waals surface area contributed by atoms with Crippen molar-refractivity contribution in [2.45, 2.75) is 50.7 Å². The van der Waals surface area contributed by atoms with Crippen molar-refractivity contribution >= 4 is 17.7 Å². The molecule has 0 unspecified atom stereocenters. The molecular weight excluding hydrogens is 236 g/mol. The average molecular weight is 254 g/mol. The quantitative estimate of drug-likeness (QED) is 0.708. The van der Waals surface area contributed by atoms with E-state index < -0.39 is 18.1 Å². The van der Waals surface area contributed by atoms with Crippen LogP contribution in [-0.2, 0) is 14.4 Å². The Hall–Kier alpha value is -1.43. The first-order chi connectivity index (χ1) is 8.41. The molecule has 2 rings (SSSR count). The molecule has 0 aromatic carbocycles. The van der Waals surface area contributed by atoms with Gasteiger partial charge in [-0.15, -0.1) is 0 Å². The number of fused-ring (bicyclic) bond motifs is 1. The highest BCUT2D eigenvalue weighted by Gasteiger charge is 2.49. The number of nitrogens with two attached hydrogens (primary N) is 1. The second kappa shape index (κ2) is 4.68. The molecule has 2 fully saturated rings. The van der Waals surface area contributed by atoms with Gasteiger partial charge in [0, 0.05) is 18.9 Å². The highest BCUT2D eigenvalue weighted by molar-refractivity contribution is 5.89. The van der Waals surface area contributed by atoms with E-state index in [4.69, 9.17) is 5.73 Å². The second-order valence-electron chi connectivity index (χ2n) is 5.23. The number of carbonyl (C=O) groups is 3. The van der Waals surface area contributed by atoms with Crippen molar-refractivity contribution in [1.29, 1.82) is 0 Å². The number of rotatable bonds is 2. The Morgan fingerprint density at radius 1 is 1.50 bits per heavy atom. The van der Waals surface area contributed by atoms with Crippen molar-refractivity contribution in [3.05, 3.63) is 0 Å². The monoisotopic (exact) mass is 254 g/mol. The summed E-state index contributed by atoms with van der Waals surface area (Å²) in [5, 5.41) is 9.21. The molecule has 4 atom stereocenters. The molecule has 1 amide bonds. The molecule has 0 aromatic rings. The summed E-state index contributed by atoms with van der Waals surface area (Å²) < 4.78 is 0. The van der Waals surface area contributed by atoms with Crippen LogP contribution in [0.3, 0.4) is 0 Å². The van der Waals surface area contributed by atoms with E-state index in [0.29, 0.717) is 19.3 Å². The van der Waals surface area contributed by atoms with E-state index in [-0.39, 0.29) is 30.1 Å². The smallest absolute Gasteiger partial charge is 0.326 e. The number of likely N-dealkylation sites (tertiary alicyclic amines) is 1. The molecule has 3 N–H and O–H groups in total. The van der Waals surface area contributed by atoms with E-state index in [1.54, 1.807) is 6.92 Å². The van der Waals surface area contributed by atoms with Crippen LogP contribution in [0.5, 0.6) is 0 Å². The fourth-order valence-corrected chi connectivity index (χ4v) is 3.04. The van der Waals surface area contributed by atoms with Crippen LogP contribution in [0.4, 0.5) is 0 Å². The topological polar surface area (TPSA) is 101 Å². The van der Waals surface area contributed by atoms with Crippen LogP contribution in [0, 0.1) is 5.92 Å². The zero-order chi connectivity index (χ0) is 13.4. The minimum Gasteiger partial charge on any atom is -0.480 e. The van der Waals surface area contributed by atoms with Gasteiger partial charge in [0.05, 0.1) is 6.04 Å². The SMILES string of the molecule is C[C@@H](N)C(=O)N1[C@@H]2CC(=O)CC[C@@H]2C[C@H]1C(=O)O. The zero-order valence-corrected chi connectivity index (χ0v) is 10.3. The molecule has 6 nitrogen and oxygen atoms in total. The number of nitrogens with zero attached hydrogens (tertiary/aromatic N) is 1. The Bertz CT molecular complexity index is 394. The molecular formula is C12H18N2O4. The minimum absolute atomic E-state index is 0.102. The fourth-order valence-electron chi connectivity index (χ4n) is 3.04. The number of carboxylic acid groups (broad SMARTS) is 1. The van der Waals surface area contributed by atoms with Gasteiger partial charge in [0.25, 0.3) is 0 Å². The van der Waals surface area contributed by atoms with E-state index in [9.17, 15) is 19.5 Å². The van der Waals surface area contributed by atoms with Crippen molar-refractivity contribution in [1.82, 2.24) is 4.90 Å². The van der Waals surface area contributed by atoms with Crippen molar-refractivity contribution in [2.24, 2.45) is 11.7 Å². The van der Waals surface area contributed by atoms with Crippen LogP contribution in [-0.4, -0.2) is 45.8 Å². The van der Waals surface area contributed by atoms with Crippen LogP contribution >= 0.6 is 0 Å². The largest absolute Gasteiger partial charge is 0.480 e. The lowest BCUT2D eigenvalue weighted by molar-refractivity contribution is -0.150. The van der Waals surface area contributed by atoms with E-state index in [1.807, 2.05) is 0 Å². The van der Waals surface area contributed by atoms with Crippen molar-refractivity contribution < 1.29 is 19.5 Å². The maximum Gasteiger partial charge on any atom is 0.326 e. The molecule has 1 saturated heterocycles. The second-order valence-corrected chi connectivity index (χ2v) is 5.23. The molecule has 1 saturated carbocycles. The maximum absolute atomic E-state index is 12.0. The number of ketones is 1. The van der Waals surface area contributed by atoms with Gasteiger partial charge in [0.2, 0.25) is 5.91 Å². The predicted molar refractivity (Wildman–Crippen MR) is 62.7 cm³/mol. The molecule has 0 spiro atoms. The van der Waals surface area contributed by atoms with Crippen LogP contribution in [0.1, 0.15) is 32.6 Å². The molecule has 1 aliphatic carbocycles. The Morgan fingerprint density at radius 2 is 2.17 bits per heavy atom. The predicted octanol–water partition coefficient (Wildman–Crippen LogP) is -0.243. The van der Waals surface area contributed by atoms with Gasteiger partial charge in [-0.25, -0.2) is 4.79 Å². The standard InChI is InChI=1S/C12H18N2O4/c1-6(13)11(16)14-9-5-8(15)3-2-7(9)4-10(14)12(17)18/h6-7,9-10H,2-5,13H2,1H3,(H,17,18)/t6-,7-,9-,10+/m1/s1. The first kappa shape index (κ1) is 13.0. The third kappa shape index (κ3) is 2.12. The van der Waals surface area contributed by atoms with Crippen molar-refractivity contribution in [3.8, 4) is 0 Å². The minimum atomic E-state index is -1.01. The Kier molecular flexibility index (Phi) is 3.38. The van der Waals surface area contributed by atoms with E-state index in [1.165, 1.54) is 4.90 Å². The highest BCUT2D eigenvalue weighted by atomic mass is 16.4. The molecule has 18 heavy (non-hydrogen) atoms. The van der Waals surface area contributed by atoms with Crippen molar-refractivity contribution in [2.75, 3.05) is 0 Å². The van der Waals surface area contributed by atoms with Crippen LogP contribution in [0.15, 0.2) is 0 Å². The number of hydrogen-bond acceptors (Lipinski definition) is 4. The first-order valence-electron chi connectivity index (χ1n) is 6.24. The first-order valence-corrected chi connectivity index (χ1v) is 6.24. The van der Waals surface area contributed by atoms with Gasteiger partial charge in [0.1, 0.15) is 11.8 Å². The number of Topliss-reactive ketones (excluding diaryl/α,β-unsaturated/α-hetero) is 1. The maximum atomic E-state index is 12.0. The van der Waals surface area contributed by atoms with E-state index in [2.05, 4.69) is 0 Å². The third-order valence-electron chi connectivity index (χ3n) is 3.92. The van der Waals surface area contributed by atoms with E-state index in [0.717, 1.165) is 0 Å². The summed E-state index contributed by atoms with van der Waals surface area (Å²) >= 11 is 0. The summed E-state index contributed by atoms with van der Waals surface area (Å²) in [5.74, 6) is -1.16. The van der Waals surface area contributed by atoms with Gasteiger partial charge < -0.3 is 15.7 Å². The molecule has 0 bridgehead atoms. The highest BCUT2D eigenvalue weighted by Crippen LogP contribution is 2.38. The average Bonchev–Trinajstić information content (AvgIpc) is 2.66. The Balaban J connectivity index is 2.27. The normalized spacial score (nSPS) is 33.1. The van der Waals surface area contributed by atoms with Gasteiger partial charge in [-0.1, -0.05) is 0 Å². The third-order valence-corrected chi connectivity index (χ3v) is 3.92. The van der Waals surface area contributed by atoms with Gasteiger partial charge in [0.15, 0.2) is 0 Å². The molecule has 1 heterocycles. The summed E-state index contributed by atoms with van der Waals surface area (Å²) in [4.78, 5) is 36.1. The zero-order valence-electron chi connectivity index (χ0n) is 10.3. The van der Waals surface area contributed by atoms with Gasteiger partial charge >= 0.3 is 5.97 Å². The molecule has 100 valence electrons. The fraction of sp³-hybridized carbons (Fsp3) is 0.750. The van der Waals surface area contributed by atoms with Gasteiger partial charge in [-0.05, 0) is 25.7 Å². The van der Waals surface area contributed by atoms with Crippen LogP contribution in [0.25, 0.3) is 0 Å². The summed E-state index contributed by atoms with van der Waals surface area (Å²) in [5.41, 5.74) is 5.57. The molecule has 6 heteroatoms. The summed E-state index contributed by atoms with van der Waals surface area (Å²) in [6.07, 6.45) is 1.88. The number of carboxylic acids is 1. The Morgan fingerprint density at radius 3 is 2.72 bits per heavy atom. The summed E-state index contributed by atoms with van der Waals surface area (Å²) in [6, 6.07) is -1.84. The Labute approximate surface area is 105 Å². The summed E-state index contributed by atoms with van der Waals surface area (Å²) in [7, 11) is 0. The van der Waals surface area contributed by atoms with Crippen LogP contribution < -0.4 is 5.73 Å². The lowest BCUT2D eigenvalue weighted by Gasteiger charge is -2.33. The molecule has 1 aliphatic heterocycles. The van der Waals surface area contributed by atoms with Gasteiger partial charge in [-0.3, -0.25) is 9.59 Å². The lowest BCUT2D eigenvalue weighted by atomic mass is 9.84. The molecule has 0 aromatic heterocycles. The number of hydrogen-bond donors (Lipinski definition) is 2. The van der Waals surface area contributed by atoms with E-state index >= 15 is 0 Å². The van der Waals surface area contributed by atoms with Crippen LogP contribution in [0.2, 0.25) is 0 Å². The van der Waals surface area contributed by atoms with Crippen molar-refractivity contribution in [3.63, 3.8) is 0 Å². The molecule has 2 aliphatic rings. The lowest BCUT2D eigenvalue weighted by Crippen LogP contribution is -2.52. The molecule has 0 radical (unpaired) electrons. The van der Waals surface area contributed by atoms with Gasteiger partial charge in [-0.2, -0.15) is 0 Å². The number of amides is 1. The number of aliphatic carboxylic acids is 1.